The third kappa shape index (κ3) is 19.4. The van der Waals surface area contributed by atoms with E-state index >= 15 is 0 Å². The Bertz CT molecular complexity index is 239. The van der Waals surface area contributed by atoms with Crippen LogP contribution in [0.1, 0.15) is 86.0 Å². The maximum absolute atomic E-state index is 8.89. The van der Waals surface area contributed by atoms with E-state index in [-0.39, 0.29) is 0 Å². The molecule has 25 heavy (non-hydrogen) atoms. The van der Waals surface area contributed by atoms with Crippen LogP contribution in [-0.2, 0) is 24.1 Å². The zero-order valence-electron chi connectivity index (χ0n) is 16.9. The summed E-state index contributed by atoms with van der Waals surface area (Å²) in [4.78, 5) is 32.0. The highest BCUT2D eigenvalue weighted by Crippen LogP contribution is 2.17. The third-order valence-electron chi connectivity index (χ3n) is 2.99. The Morgan fingerprint density at radius 2 is 0.880 bits per heavy atom. The van der Waals surface area contributed by atoms with Crippen LogP contribution in [-0.4, -0.2) is 37.5 Å². The van der Waals surface area contributed by atoms with Crippen molar-refractivity contribution < 1.29 is 34.4 Å². The van der Waals surface area contributed by atoms with Gasteiger partial charge in [-0.05, 0) is 32.6 Å². The summed E-state index contributed by atoms with van der Waals surface area (Å²) in [7, 11) is 0. The summed E-state index contributed by atoms with van der Waals surface area (Å²) in [5.41, 5.74) is 0. The normalized spacial score (nSPS) is 11.1. The van der Waals surface area contributed by atoms with Crippen molar-refractivity contribution in [3.05, 3.63) is 0 Å². The summed E-state index contributed by atoms with van der Waals surface area (Å²) >= 11 is 0. The molecule has 0 heterocycles. The maximum atomic E-state index is 8.89. The van der Waals surface area contributed by atoms with E-state index in [1.165, 1.54) is 0 Å². The number of nitrogens with zero attached hydrogens (tertiary/aromatic N) is 1. The first-order valence-corrected chi connectivity index (χ1v) is 9.62. The van der Waals surface area contributed by atoms with E-state index in [9.17, 15) is 0 Å². The molecule has 0 saturated carbocycles. The van der Waals surface area contributed by atoms with Gasteiger partial charge >= 0.3 is 0 Å². The fraction of sp³-hybridized carbons (Fsp3) is 0.944. The van der Waals surface area contributed by atoms with E-state index in [0.29, 0.717) is 26.4 Å². The number of quaternary nitrogens is 1. The highest BCUT2D eigenvalue weighted by atomic mass is 17.4. The predicted molar refractivity (Wildman–Crippen MR) is 94.4 cm³/mol. The molecule has 0 rings (SSSR count). The van der Waals surface area contributed by atoms with Crippen LogP contribution in [0.15, 0.2) is 0 Å². The van der Waals surface area contributed by atoms with Gasteiger partial charge in [0.25, 0.3) is 0 Å². The second kappa shape index (κ2) is 19.6. The van der Waals surface area contributed by atoms with Crippen molar-refractivity contribution in [1.82, 2.24) is 0 Å². The van der Waals surface area contributed by atoms with Gasteiger partial charge in [-0.1, -0.05) is 72.7 Å². The second-order valence-electron chi connectivity index (χ2n) is 5.69. The first-order chi connectivity index (χ1) is 12.0. The largest absolute Gasteiger partial charge is 0.550 e. The van der Waals surface area contributed by atoms with Gasteiger partial charge in [-0.3, -0.25) is 0 Å². The van der Waals surface area contributed by atoms with E-state index in [4.69, 9.17) is 29.3 Å². The van der Waals surface area contributed by atoms with Crippen LogP contribution in [0, 0.1) is 0 Å². The van der Waals surface area contributed by atoms with E-state index in [0.717, 1.165) is 58.3 Å². The minimum Gasteiger partial charge on any atom is -0.550 e. The summed E-state index contributed by atoms with van der Waals surface area (Å²) in [5.74, 6) is -1.08. The van der Waals surface area contributed by atoms with Crippen LogP contribution in [0.25, 0.3) is 0 Å². The SMILES string of the molecule is CC(=O)[O-].CCCCO[N+](OCCCC)(OCCCC)OCCCC. The van der Waals surface area contributed by atoms with Crippen LogP contribution in [0.2, 0.25) is 0 Å². The number of rotatable bonds is 16. The highest BCUT2D eigenvalue weighted by molar-refractivity contribution is 5.60. The Kier molecular flexibility index (Phi) is 20.8. The molecule has 0 amide bonds. The molecular formula is C18H39NO6. The molecule has 0 aliphatic rings. The molecule has 0 aromatic heterocycles. The molecule has 0 aromatic rings. The molecule has 0 unspecified atom stereocenters. The maximum Gasteiger partial charge on any atom is 0.247 e. The Morgan fingerprint density at radius 1 is 0.680 bits per heavy atom. The summed E-state index contributed by atoms with van der Waals surface area (Å²) < 4.78 is 0. The first-order valence-electron chi connectivity index (χ1n) is 9.62. The Balaban J connectivity index is 0. The van der Waals surface area contributed by atoms with Crippen molar-refractivity contribution in [3.8, 4) is 0 Å². The van der Waals surface area contributed by atoms with Gasteiger partial charge in [0.05, 0.1) is 0 Å². The quantitative estimate of drug-likeness (QED) is 0.237. The first kappa shape index (κ1) is 26.5. The summed E-state index contributed by atoms with van der Waals surface area (Å²) in [6.45, 7) is 11.8. The molecule has 7 nitrogen and oxygen atoms in total. The summed E-state index contributed by atoms with van der Waals surface area (Å²) in [5, 5.41) is 8.33. The van der Waals surface area contributed by atoms with Gasteiger partial charge in [0.15, 0.2) is 0 Å². The Morgan fingerprint density at radius 3 is 1.04 bits per heavy atom. The lowest BCUT2D eigenvalue weighted by Crippen LogP contribution is -2.48. The number of carbonyl (C=O) groups excluding carboxylic acids is 1. The van der Waals surface area contributed by atoms with E-state index in [1.807, 2.05) is 0 Å². The molecule has 0 saturated heterocycles. The molecule has 0 radical (unpaired) electrons. The van der Waals surface area contributed by atoms with E-state index in [1.54, 1.807) is 0 Å². The molecule has 0 bridgehead atoms. The lowest BCUT2D eigenvalue weighted by Gasteiger charge is -2.26. The molecule has 0 N–H and O–H groups in total. The standard InChI is InChI=1S/C16H36NO4.C2H4O2/c1-5-9-13-18-17(19-14-10-6-2,20-15-11-7-3)21-16-12-8-4;1-2(3)4/h5-16H2,1-4H3;1H3,(H,3,4)/q+1;/p-1. The van der Waals surface area contributed by atoms with Crippen molar-refractivity contribution in [1.29, 1.82) is 0 Å². The zero-order chi connectivity index (χ0) is 19.4. The molecule has 0 aromatic carbocycles. The number of hydrogen-bond donors (Lipinski definition) is 0. The Hall–Kier alpha value is -0.730. The van der Waals surface area contributed by atoms with Gasteiger partial charge in [0, 0.05) is 5.97 Å². The monoisotopic (exact) mass is 365 g/mol. The van der Waals surface area contributed by atoms with Gasteiger partial charge in [-0.2, -0.15) is 0 Å². The molecule has 0 aliphatic carbocycles. The van der Waals surface area contributed by atoms with Crippen LogP contribution in [0.4, 0.5) is 0 Å². The average molecular weight is 366 g/mol. The van der Waals surface area contributed by atoms with E-state index in [2.05, 4.69) is 27.7 Å². The zero-order valence-corrected chi connectivity index (χ0v) is 16.9. The van der Waals surface area contributed by atoms with Crippen molar-refractivity contribution in [2.24, 2.45) is 0 Å². The van der Waals surface area contributed by atoms with Crippen molar-refractivity contribution in [3.63, 3.8) is 0 Å². The summed E-state index contributed by atoms with van der Waals surface area (Å²) in [6, 6.07) is 0. The predicted octanol–water partition coefficient (Wildman–Crippen LogP) is 3.49. The van der Waals surface area contributed by atoms with Crippen molar-refractivity contribution in [2.45, 2.75) is 86.0 Å². The minimum atomic E-state index is -1.08. The molecule has 0 atom stereocenters. The topological polar surface area (TPSA) is 77.1 Å². The lowest BCUT2D eigenvalue weighted by molar-refractivity contribution is -1.47. The van der Waals surface area contributed by atoms with Gasteiger partial charge in [0.1, 0.15) is 26.4 Å². The van der Waals surface area contributed by atoms with Crippen molar-refractivity contribution >= 4 is 5.97 Å². The smallest absolute Gasteiger partial charge is 0.247 e. The van der Waals surface area contributed by atoms with E-state index < -0.39 is 11.1 Å². The second-order valence-corrected chi connectivity index (χ2v) is 5.69. The van der Waals surface area contributed by atoms with Crippen LogP contribution in [0.5, 0.6) is 0 Å². The molecule has 0 aliphatic heterocycles. The number of hydrogen-bond acceptors (Lipinski definition) is 6. The molecule has 152 valence electrons. The average Bonchev–Trinajstić information content (AvgIpc) is 2.55. The fourth-order valence-corrected chi connectivity index (χ4v) is 1.51. The van der Waals surface area contributed by atoms with Gasteiger partial charge < -0.3 is 9.90 Å². The van der Waals surface area contributed by atoms with Gasteiger partial charge in [0.2, 0.25) is 5.14 Å². The van der Waals surface area contributed by atoms with Gasteiger partial charge in [-0.25, -0.2) is 0 Å². The molecule has 0 spiro atoms. The minimum absolute atomic E-state index is 0.556. The number of unbranched alkanes of at least 4 members (excludes halogenated alkanes) is 4. The molecule has 0 fully saturated rings. The van der Waals surface area contributed by atoms with Crippen LogP contribution >= 0.6 is 0 Å². The summed E-state index contributed by atoms with van der Waals surface area (Å²) in [6.07, 6.45) is 8.13. The number of aliphatic carboxylic acids is 1. The van der Waals surface area contributed by atoms with Gasteiger partial charge in [-0.15, -0.1) is 0 Å². The third-order valence-corrected chi connectivity index (χ3v) is 2.99. The van der Waals surface area contributed by atoms with Crippen LogP contribution in [0.3, 0.4) is 0 Å². The lowest BCUT2D eigenvalue weighted by atomic mass is 10.4. The number of carboxylic acids is 1. The fourth-order valence-electron chi connectivity index (χ4n) is 1.51. The molecular weight excluding hydrogens is 326 g/mol. The van der Waals surface area contributed by atoms with Crippen LogP contribution < -0.4 is 5.11 Å². The number of carbonyl (C=O) groups is 1. The van der Waals surface area contributed by atoms with Crippen molar-refractivity contribution in [2.75, 3.05) is 26.4 Å². The number of carboxylic acid groups (broad SMARTS) is 1. The Labute approximate surface area is 153 Å². The highest BCUT2D eigenvalue weighted by Gasteiger charge is 2.38. The molecule has 7 heteroatoms.